The first-order valence-corrected chi connectivity index (χ1v) is 11.3. The molecule has 1 aliphatic rings. The molecule has 0 bridgehead atoms. The quantitative estimate of drug-likeness (QED) is 0.141. The third-order valence-corrected chi connectivity index (χ3v) is 6.19. The van der Waals surface area contributed by atoms with Crippen LogP contribution in [0.4, 0.5) is 5.69 Å². The highest BCUT2D eigenvalue weighted by atomic mass is 32.2. The zero-order chi connectivity index (χ0) is 21.9. The lowest BCUT2D eigenvalue weighted by Gasteiger charge is -2.14. The monoisotopic (exact) mass is 450 g/mol. The Labute approximate surface area is 185 Å². The number of thiocarbonyl (C=S) groups is 1. The fourth-order valence-electron chi connectivity index (χ4n) is 3.22. The summed E-state index contributed by atoms with van der Waals surface area (Å²) in [4.78, 5) is 35.8. The van der Waals surface area contributed by atoms with Crippen molar-refractivity contribution in [3.63, 3.8) is 0 Å². The van der Waals surface area contributed by atoms with E-state index in [0.29, 0.717) is 21.3 Å². The predicted molar refractivity (Wildman–Crippen MR) is 122 cm³/mol. The molecule has 0 radical (unpaired) electrons. The zero-order valence-corrected chi connectivity index (χ0v) is 18.4. The highest BCUT2D eigenvalue weighted by molar-refractivity contribution is 8.26. The van der Waals surface area contributed by atoms with E-state index in [1.165, 1.54) is 17.8 Å². The number of carboxylic acids is 1. The largest absolute Gasteiger partial charge is 0.481 e. The lowest BCUT2D eigenvalue weighted by molar-refractivity contribution is -0.385. The van der Waals surface area contributed by atoms with Crippen LogP contribution in [0.1, 0.15) is 63.4 Å². The Morgan fingerprint density at radius 2 is 1.70 bits per heavy atom. The van der Waals surface area contributed by atoms with Gasteiger partial charge in [0, 0.05) is 19.0 Å². The van der Waals surface area contributed by atoms with E-state index in [4.69, 9.17) is 17.3 Å². The maximum absolute atomic E-state index is 12.7. The van der Waals surface area contributed by atoms with E-state index in [-0.39, 0.29) is 18.0 Å². The summed E-state index contributed by atoms with van der Waals surface area (Å²) >= 11 is 6.51. The fraction of sp³-hybridized carbons (Fsp3) is 0.476. The second kappa shape index (κ2) is 12.4. The number of para-hydroxylation sites is 1. The Hall–Kier alpha value is -2.26. The van der Waals surface area contributed by atoms with Gasteiger partial charge in [-0.25, -0.2) is 0 Å². The molecule has 1 heterocycles. The molecule has 1 fully saturated rings. The lowest BCUT2D eigenvalue weighted by Crippen LogP contribution is -2.29. The number of nitrogens with zero attached hydrogens (tertiary/aromatic N) is 2. The van der Waals surface area contributed by atoms with Crippen molar-refractivity contribution in [3.05, 3.63) is 44.8 Å². The van der Waals surface area contributed by atoms with Gasteiger partial charge in [-0.05, 0) is 25.0 Å². The van der Waals surface area contributed by atoms with Gasteiger partial charge in [0.15, 0.2) is 0 Å². The molecule has 1 aliphatic heterocycles. The summed E-state index contributed by atoms with van der Waals surface area (Å²) in [6.07, 6.45) is 9.65. The van der Waals surface area contributed by atoms with Crippen LogP contribution in [-0.2, 0) is 9.59 Å². The number of carboxylic acid groups (broad SMARTS) is 1. The Balaban J connectivity index is 1.73. The summed E-state index contributed by atoms with van der Waals surface area (Å²) in [6.45, 7) is 0.553. The number of carbonyl (C=O) groups is 2. The van der Waals surface area contributed by atoms with Crippen molar-refractivity contribution in [3.8, 4) is 0 Å². The molecule has 1 amide bonds. The Bertz CT molecular complexity index is 825. The molecule has 0 saturated carbocycles. The number of thioether (sulfide) groups is 1. The minimum atomic E-state index is -0.734. The molecule has 0 aromatic heterocycles. The molecule has 0 aliphatic carbocycles. The number of rotatable bonds is 13. The first kappa shape index (κ1) is 24.0. The summed E-state index contributed by atoms with van der Waals surface area (Å²) in [6, 6.07) is 6.33. The SMILES string of the molecule is O=C(O)CCCCCCCCCCN1C(=O)C(=Cc2ccccc2[N+](=O)[O-])SC1=S. The number of hydrogen-bond acceptors (Lipinski definition) is 6. The normalized spacial score (nSPS) is 15.2. The van der Waals surface area contributed by atoms with Crippen molar-refractivity contribution in [2.24, 2.45) is 0 Å². The number of aliphatic carboxylic acids is 1. The van der Waals surface area contributed by atoms with Crippen LogP contribution >= 0.6 is 24.0 Å². The van der Waals surface area contributed by atoms with Gasteiger partial charge in [0.2, 0.25) is 0 Å². The van der Waals surface area contributed by atoms with Gasteiger partial charge in [-0.15, -0.1) is 0 Å². The molecule has 30 heavy (non-hydrogen) atoms. The number of benzene rings is 1. The van der Waals surface area contributed by atoms with E-state index in [0.717, 1.165) is 51.4 Å². The number of amides is 1. The van der Waals surface area contributed by atoms with Crippen molar-refractivity contribution in [1.29, 1.82) is 0 Å². The van der Waals surface area contributed by atoms with Crippen LogP contribution in [0.25, 0.3) is 6.08 Å². The highest BCUT2D eigenvalue weighted by Gasteiger charge is 2.32. The van der Waals surface area contributed by atoms with Crippen LogP contribution in [-0.4, -0.2) is 37.7 Å². The van der Waals surface area contributed by atoms with Gasteiger partial charge in [0.1, 0.15) is 4.32 Å². The predicted octanol–water partition coefficient (Wildman–Crippen LogP) is 5.39. The first-order valence-electron chi connectivity index (χ1n) is 10.1. The van der Waals surface area contributed by atoms with Crippen molar-refractivity contribution in [2.75, 3.05) is 6.54 Å². The van der Waals surface area contributed by atoms with E-state index < -0.39 is 10.9 Å². The maximum Gasteiger partial charge on any atom is 0.303 e. The van der Waals surface area contributed by atoms with Crippen molar-refractivity contribution in [2.45, 2.75) is 57.8 Å². The Morgan fingerprint density at radius 3 is 2.33 bits per heavy atom. The molecule has 1 N–H and O–H groups in total. The maximum atomic E-state index is 12.7. The van der Waals surface area contributed by atoms with Crippen molar-refractivity contribution >= 4 is 51.9 Å². The van der Waals surface area contributed by atoms with Gasteiger partial charge in [-0.1, -0.05) is 74.6 Å². The van der Waals surface area contributed by atoms with Crippen LogP contribution in [0.2, 0.25) is 0 Å². The van der Waals surface area contributed by atoms with Crippen LogP contribution in [0, 0.1) is 10.1 Å². The van der Waals surface area contributed by atoms with E-state index in [1.54, 1.807) is 29.2 Å². The molecule has 1 saturated heterocycles. The summed E-state index contributed by atoms with van der Waals surface area (Å²) < 4.78 is 0.489. The topological polar surface area (TPSA) is 101 Å². The molecule has 0 spiro atoms. The van der Waals surface area contributed by atoms with Crippen LogP contribution in [0.15, 0.2) is 29.2 Å². The molecular formula is C21H26N2O5S2. The molecule has 0 unspecified atom stereocenters. The van der Waals surface area contributed by atoms with E-state index in [2.05, 4.69) is 0 Å². The fourth-order valence-corrected chi connectivity index (χ4v) is 4.52. The summed E-state index contributed by atoms with van der Waals surface area (Å²) in [5, 5.41) is 19.8. The number of hydrogen-bond donors (Lipinski definition) is 1. The smallest absolute Gasteiger partial charge is 0.303 e. The molecule has 2 rings (SSSR count). The second-order valence-corrected chi connectivity index (χ2v) is 8.80. The van der Waals surface area contributed by atoms with Crippen molar-refractivity contribution in [1.82, 2.24) is 4.90 Å². The number of carbonyl (C=O) groups excluding carboxylic acids is 1. The second-order valence-electron chi connectivity index (χ2n) is 7.12. The average Bonchev–Trinajstić information content (AvgIpc) is 2.96. The highest BCUT2D eigenvalue weighted by Crippen LogP contribution is 2.34. The summed E-state index contributed by atoms with van der Waals surface area (Å²) in [5.41, 5.74) is 0.358. The molecular weight excluding hydrogens is 424 g/mol. The number of nitro groups is 1. The third-order valence-electron chi connectivity index (χ3n) is 4.82. The lowest BCUT2D eigenvalue weighted by atomic mass is 10.1. The first-order chi connectivity index (χ1) is 14.4. The Morgan fingerprint density at radius 1 is 1.10 bits per heavy atom. The van der Waals surface area contributed by atoms with Gasteiger partial charge in [-0.3, -0.25) is 24.6 Å². The van der Waals surface area contributed by atoms with Gasteiger partial charge in [0.25, 0.3) is 11.6 Å². The standard InChI is InChI=1S/C21H26N2O5S2/c24-19(25)13-7-5-3-1-2-4-6-10-14-22-20(26)18(30-21(22)29)15-16-11-8-9-12-17(16)23(27)28/h8-9,11-12,15H,1-7,10,13-14H2,(H,24,25). The molecule has 1 aromatic rings. The average molecular weight is 451 g/mol. The third kappa shape index (κ3) is 7.53. The zero-order valence-electron chi connectivity index (χ0n) is 16.7. The van der Waals surface area contributed by atoms with Gasteiger partial charge < -0.3 is 5.11 Å². The number of nitro benzene ring substituents is 1. The Kier molecular flexibility index (Phi) is 9.96. The van der Waals surface area contributed by atoms with E-state index in [9.17, 15) is 19.7 Å². The van der Waals surface area contributed by atoms with Crippen LogP contribution in [0.3, 0.4) is 0 Å². The molecule has 0 atom stereocenters. The summed E-state index contributed by atoms with van der Waals surface area (Å²) in [5.74, 6) is -0.927. The molecule has 1 aromatic carbocycles. The van der Waals surface area contributed by atoms with Crippen LogP contribution in [0.5, 0.6) is 0 Å². The van der Waals surface area contributed by atoms with Crippen molar-refractivity contribution < 1.29 is 19.6 Å². The van der Waals surface area contributed by atoms with Gasteiger partial charge in [-0.2, -0.15) is 0 Å². The van der Waals surface area contributed by atoms with Gasteiger partial charge >= 0.3 is 5.97 Å². The number of unbranched alkanes of at least 4 members (excludes halogenated alkanes) is 7. The van der Waals surface area contributed by atoms with Crippen LogP contribution < -0.4 is 0 Å². The van der Waals surface area contributed by atoms with Gasteiger partial charge in [0.05, 0.1) is 15.4 Å². The minimum Gasteiger partial charge on any atom is -0.481 e. The van der Waals surface area contributed by atoms with E-state index in [1.807, 2.05) is 0 Å². The van der Waals surface area contributed by atoms with E-state index >= 15 is 0 Å². The molecule has 9 heteroatoms. The minimum absolute atomic E-state index is 0.0364. The summed E-state index contributed by atoms with van der Waals surface area (Å²) in [7, 11) is 0. The molecule has 7 nitrogen and oxygen atoms in total. The molecule has 162 valence electrons.